The topological polar surface area (TPSA) is 68.1 Å². The molecule has 0 radical (unpaired) electrons. The minimum Gasteiger partial charge on any atom is -0.339 e. The number of ketones is 1. The Bertz CT molecular complexity index is 994. The summed E-state index contributed by atoms with van der Waals surface area (Å²) in [5, 5.41) is 4.11. The fourth-order valence-corrected chi connectivity index (χ4v) is 3.14. The summed E-state index contributed by atoms with van der Waals surface area (Å²) in [6.07, 6.45) is 3.54. The van der Waals surface area contributed by atoms with E-state index in [-0.39, 0.29) is 30.6 Å². The second-order valence-corrected chi connectivity index (χ2v) is 7.33. The number of aryl methyl sites for hydroxylation is 2. The summed E-state index contributed by atoms with van der Waals surface area (Å²) in [5.41, 5.74) is 4.83. The second kappa shape index (κ2) is 8.82. The second-order valence-electron chi connectivity index (χ2n) is 7.33. The van der Waals surface area contributed by atoms with Crippen LogP contribution in [0.15, 0.2) is 55.1 Å². The molecule has 0 fully saturated rings. The summed E-state index contributed by atoms with van der Waals surface area (Å²) < 4.78 is 1.68. The van der Waals surface area contributed by atoms with Crippen LogP contribution in [0.2, 0.25) is 0 Å². The zero-order chi connectivity index (χ0) is 21.0. The first-order chi connectivity index (χ1) is 13.9. The Kier molecular flexibility index (Phi) is 6.22. The van der Waals surface area contributed by atoms with E-state index in [2.05, 4.69) is 10.1 Å². The maximum absolute atomic E-state index is 12.6. The average molecular weight is 390 g/mol. The van der Waals surface area contributed by atoms with Gasteiger partial charge in [-0.05, 0) is 55.7 Å². The van der Waals surface area contributed by atoms with Gasteiger partial charge in [-0.3, -0.25) is 9.59 Å². The van der Waals surface area contributed by atoms with E-state index in [1.54, 1.807) is 23.0 Å². The molecule has 29 heavy (non-hydrogen) atoms. The summed E-state index contributed by atoms with van der Waals surface area (Å²) in [7, 11) is 1.78. The quantitative estimate of drug-likeness (QED) is 0.571. The van der Waals surface area contributed by atoms with Crippen LogP contribution in [-0.4, -0.2) is 38.4 Å². The van der Waals surface area contributed by atoms with Gasteiger partial charge >= 0.3 is 0 Å². The van der Waals surface area contributed by atoms with Crippen LogP contribution in [0.1, 0.15) is 52.9 Å². The lowest BCUT2D eigenvalue weighted by Gasteiger charge is -2.25. The van der Waals surface area contributed by atoms with E-state index in [0.29, 0.717) is 5.56 Å². The fraction of sp³-hybridized carbons (Fsp3) is 0.304. The Morgan fingerprint density at radius 2 is 1.76 bits per heavy atom. The van der Waals surface area contributed by atoms with Crippen molar-refractivity contribution >= 4 is 11.7 Å². The predicted octanol–water partition coefficient (Wildman–Crippen LogP) is 4.07. The summed E-state index contributed by atoms with van der Waals surface area (Å²) in [6.45, 7) is 5.98. The third-order valence-electron chi connectivity index (χ3n) is 5.43. The monoisotopic (exact) mass is 390 g/mol. The molecule has 1 amide bonds. The van der Waals surface area contributed by atoms with Crippen molar-refractivity contribution in [3.8, 4) is 5.69 Å². The number of carbonyl (C=O) groups excluding carboxylic acids is 2. The SMILES string of the molecule is Cc1ccc(C(=O)CCC(=O)N(C)C(C)c2ccc(-n3cncn3)cc2)cc1C. The molecule has 150 valence electrons. The number of Topliss-reactive ketones (excluding diaryl/α,β-unsaturated/α-hetero) is 1. The van der Waals surface area contributed by atoms with Gasteiger partial charge in [0.25, 0.3) is 0 Å². The number of benzene rings is 2. The Balaban J connectivity index is 1.58. The van der Waals surface area contributed by atoms with Crippen LogP contribution >= 0.6 is 0 Å². The van der Waals surface area contributed by atoms with Crippen molar-refractivity contribution in [2.75, 3.05) is 7.05 Å². The lowest BCUT2D eigenvalue weighted by Crippen LogP contribution is -2.29. The van der Waals surface area contributed by atoms with Gasteiger partial charge in [-0.1, -0.05) is 24.3 Å². The van der Waals surface area contributed by atoms with E-state index >= 15 is 0 Å². The summed E-state index contributed by atoms with van der Waals surface area (Å²) >= 11 is 0. The van der Waals surface area contributed by atoms with Crippen LogP contribution in [0.25, 0.3) is 5.69 Å². The van der Waals surface area contributed by atoms with Crippen LogP contribution in [-0.2, 0) is 4.79 Å². The van der Waals surface area contributed by atoms with Crippen molar-refractivity contribution < 1.29 is 9.59 Å². The highest BCUT2D eigenvalue weighted by atomic mass is 16.2. The van der Waals surface area contributed by atoms with Gasteiger partial charge in [0.15, 0.2) is 5.78 Å². The zero-order valence-corrected chi connectivity index (χ0v) is 17.3. The number of amides is 1. The molecule has 0 aliphatic heterocycles. The number of hydrogen-bond donors (Lipinski definition) is 0. The van der Waals surface area contributed by atoms with E-state index in [4.69, 9.17) is 0 Å². The number of hydrogen-bond acceptors (Lipinski definition) is 4. The molecule has 2 aromatic carbocycles. The van der Waals surface area contributed by atoms with Crippen molar-refractivity contribution in [2.24, 2.45) is 0 Å². The number of carbonyl (C=O) groups is 2. The standard InChI is InChI=1S/C23H26N4O2/c1-16-5-6-20(13-17(16)2)22(28)11-12-23(29)26(4)18(3)19-7-9-21(10-8-19)27-15-24-14-25-27/h5-10,13-15,18H,11-12H2,1-4H3. The minimum atomic E-state index is -0.0935. The van der Waals surface area contributed by atoms with Crippen LogP contribution in [0.5, 0.6) is 0 Å². The molecule has 0 N–H and O–H groups in total. The summed E-state index contributed by atoms with van der Waals surface area (Å²) in [4.78, 5) is 30.7. The maximum Gasteiger partial charge on any atom is 0.223 e. The van der Waals surface area contributed by atoms with Crippen LogP contribution in [0.3, 0.4) is 0 Å². The molecule has 6 nitrogen and oxygen atoms in total. The number of nitrogens with zero attached hydrogens (tertiary/aromatic N) is 4. The summed E-state index contributed by atoms with van der Waals surface area (Å²) in [6, 6.07) is 13.4. The van der Waals surface area contributed by atoms with Gasteiger partial charge in [-0.2, -0.15) is 5.10 Å². The third kappa shape index (κ3) is 4.77. The first kappa shape index (κ1) is 20.5. The molecule has 3 aromatic rings. The van der Waals surface area contributed by atoms with Crippen molar-refractivity contribution in [1.82, 2.24) is 19.7 Å². The number of aromatic nitrogens is 3. The highest BCUT2D eigenvalue weighted by Gasteiger charge is 2.19. The van der Waals surface area contributed by atoms with Crippen molar-refractivity contribution in [2.45, 2.75) is 39.7 Å². The molecule has 0 spiro atoms. The molecule has 0 saturated heterocycles. The lowest BCUT2D eigenvalue weighted by atomic mass is 10.0. The Morgan fingerprint density at radius 1 is 1.03 bits per heavy atom. The summed E-state index contributed by atoms with van der Waals surface area (Å²) in [5.74, 6) is -0.0466. The molecule has 6 heteroatoms. The van der Waals surface area contributed by atoms with Gasteiger partial charge < -0.3 is 4.90 Å². The number of rotatable bonds is 7. The molecule has 3 rings (SSSR count). The molecule has 1 aromatic heterocycles. The highest BCUT2D eigenvalue weighted by Crippen LogP contribution is 2.21. The average Bonchev–Trinajstić information content (AvgIpc) is 3.27. The van der Waals surface area contributed by atoms with E-state index in [1.807, 2.05) is 63.2 Å². The van der Waals surface area contributed by atoms with Crippen molar-refractivity contribution in [3.05, 3.63) is 77.4 Å². The minimum absolute atomic E-state index is 0.000289. The van der Waals surface area contributed by atoms with E-state index < -0.39 is 0 Å². The van der Waals surface area contributed by atoms with Crippen LogP contribution < -0.4 is 0 Å². The fourth-order valence-electron chi connectivity index (χ4n) is 3.14. The predicted molar refractivity (Wildman–Crippen MR) is 112 cm³/mol. The molecular weight excluding hydrogens is 364 g/mol. The van der Waals surface area contributed by atoms with Gasteiger partial charge in [0, 0.05) is 25.5 Å². The molecular formula is C23H26N4O2. The van der Waals surface area contributed by atoms with E-state index in [9.17, 15) is 9.59 Å². The zero-order valence-electron chi connectivity index (χ0n) is 17.3. The molecule has 1 unspecified atom stereocenters. The molecule has 0 aliphatic rings. The van der Waals surface area contributed by atoms with Gasteiger partial charge in [0.1, 0.15) is 12.7 Å². The van der Waals surface area contributed by atoms with Gasteiger partial charge in [0.05, 0.1) is 11.7 Å². The molecule has 0 saturated carbocycles. The van der Waals surface area contributed by atoms with Crippen molar-refractivity contribution in [1.29, 1.82) is 0 Å². The molecule has 0 aliphatic carbocycles. The largest absolute Gasteiger partial charge is 0.339 e. The highest BCUT2D eigenvalue weighted by molar-refractivity contribution is 5.98. The lowest BCUT2D eigenvalue weighted by molar-refractivity contribution is -0.131. The first-order valence-electron chi connectivity index (χ1n) is 9.68. The maximum atomic E-state index is 12.6. The van der Waals surface area contributed by atoms with E-state index in [0.717, 1.165) is 22.4 Å². The Hall–Kier alpha value is -3.28. The van der Waals surface area contributed by atoms with Gasteiger partial charge in [-0.15, -0.1) is 0 Å². The van der Waals surface area contributed by atoms with E-state index in [1.165, 1.54) is 6.33 Å². The first-order valence-corrected chi connectivity index (χ1v) is 9.68. The normalized spacial score (nSPS) is 11.9. The van der Waals surface area contributed by atoms with Crippen molar-refractivity contribution in [3.63, 3.8) is 0 Å². The Labute approximate surface area is 171 Å². The smallest absolute Gasteiger partial charge is 0.223 e. The third-order valence-corrected chi connectivity index (χ3v) is 5.43. The molecule has 0 bridgehead atoms. The van der Waals surface area contributed by atoms with Crippen LogP contribution in [0, 0.1) is 13.8 Å². The van der Waals surface area contributed by atoms with Gasteiger partial charge in [0.2, 0.25) is 5.91 Å². The molecule has 1 atom stereocenters. The Morgan fingerprint density at radius 3 is 2.38 bits per heavy atom. The molecule has 1 heterocycles. The van der Waals surface area contributed by atoms with Crippen LogP contribution in [0.4, 0.5) is 0 Å². The van der Waals surface area contributed by atoms with Gasteiger partial charge in [-0.25, -0.2) is 9.67 Å².